The molecule has 1 N–H and O–H groups in total. The van der Waals surface area contributed by atoms with Gasteiger partial charge in [0.2, 0.25) is 11.8 Å². The number of ether oxygens (including phenoxy) is 1. The minimum absolute atomic E-state index is 0.0509. The molecule has 3 aromatic carbocycles. The van der Waals surface area contributed by atoms with Crippen molar-refractivity contribution in [2.75, 3.05) is 18.0 Å². The maximum absolute atomic E-state index is 13.9. The lowest BCUT2D eigenvalue weighted by atomic mass is 10.1. The van der Waals surface area contributed by atoms with Crippen molar-refractivity contribution in [3.63, 3.8) is 0 Å². The van der Waals surface area contributed by atoms with Crippen molar-refractivity contribution in [3.05, 3.63) is 88.2 Å². The monoisotopic (exact) mass is 623 g/mol. The van der Waals surface area contributed by atoms with Crippen LogP contribution in [0.3, 0.4) is 0 Å². The topological polar surface area (TPSA) is 96.0 Å². The molecule has 0 fully saturated rings. The summed E-state index contributed by atoms with van der Waals surface area (Å²) < 4.78 is 47.4. The standard InChI is InChI=1S/C29H32Cl2FN3O5S/c1-5-19(2)33-29(37)20(3)34(17-21-6-15-26(30)27(31)16-21)28(36)18-35(23-9-7-22(32)8-10-23)41(38,39)25-13-11-24(40-4)12-14-25/h6-16,19-20H,5,17-18H2,1-4H3,(H,33,37). The number of hydrogen-bond acceptors (Lipinski definition) is 5. The summed E-state index contributed by atoms with van der Waals surface area (Å²) in [6, 6.07) is 14.1. The molecule has 12 heteroatoms. The van der Waals surface area contributed by atoms with Crippen molar-refractivity contribution in [2.24, 2.45) is 0 Å². The van der Waals surface area contributed by atoms with Crippen LogP contribution in [0.5, 0.6) is 5.75 Å². The van der Waals surface area contributed by atoms with Crippen LogP contribution in [0.25, 0.3) is 0 Å². The largest absolute Gasteiger partial charge is 0.497 e. The summed E-state index contributed by atoms with van der Waals surface area (Å²) in [5.74, 6) is -1.19. The van der Waals surface area contributed by atoms with Crippen molar-refractivity contribution < 1.29 is 27.1 Å². The summed E-state index contributed by atoms with van der Waals surface area (Å²) in [6.07, 6.45) is 0.678. The van der Waals surface area contributed by atoms with Gasteiger partial charge in [-0.05, 0) is 86.5 Å². The first-order valence-corrected chi connectivity index (χ1v) is 15.0. The van der Waals surface area contributed by atoms with E-state index in [9.17, 15) is 22.4 Å². The lowest BCUT2D eigenvalue weighted by molar-refractivity contribution is -0.139. The highest BCUT2D eigenvalue weighted by molar-refractivity contribution is 7.92. The molecular weight excluding hydrogens is 592 g/mol. The zero-order valence-electron chi connectivity index (χ0n) is 23.1. The van der Waals surface area contributed by atoms with Gasteiger partial charge in [-0.2, -0.15) is 0 Å². The van der Waals surface area contributed by atoms with Gasteiger partial charge in [0.15, 0.2) is 0 Å². The lowest BCUT2D eigenvalue weighted by Crippen LogP contribution is -2.52. The second-order valence-electron chi connectivity index (χ2n) is 9.43. The van der Waals surface area contributed by atoms with Crippen LogP contribution in [-0.4, -0.2) is 50.9 Å². The summed E-state index contributed by atoms with van der Waals surface area (Å²) in [5, 5.41) is 3.45. The summed E-state index contributed by atoms with van der Waals surface area (Å²) in [7, 11) is -2.85. The normalized spacial score (nSPS) is 12.8. The van der Waals surface area contributed by atoms with Crippen molar-refractivity contribution >= 4 is 50.7 Å². The van der Waals surface area contributed by atoms with Crippen LogP contribution in [0.2, 0.25) is 10.0 Å². The molecule has 2 atom stereocenters. The molecule has 0 saturated heterocycles. The highest BCUT2D eigenvalue weighted by atomic mass is 35.5. The Morgan fingerprint density at radius 2 is 1.61 bits per heavy atom. The first kappa shape index (κ1) is 32.2. The number of amides is 2. The Morgan fingerprint density at radius 1 is 0.976 bits per heavy atom. The van der Waals surface area contributed by atoms with Crippen LogP contribution in [0.15, 0.2) is 71.6 Å². The van der Waals surface area contributed by atoms with Crippen molar-refractivity contribution in [3.8, 4) is 5.75 Å². The Balaban J connectivity index is 2.03. The number of benzene rings is 3. The van der Waals surface area contributed by atoms with Gasteiger partial charge in [0.25, 0.3) is 10.0 Å². The van der Waals surface area contributed by atoms with Crippen LogP contribution < -0.4 is 14.4 Å². The molecule has 0 saturated carbocycles. The van der Waals surface area contributed by atoms with Gasteiger partial charge in [-0.1, -0.05) is 36.2 Å². The van der Waals surface area contributed by atoms with Gasteiger partial charge in [-0.15, -0.1) is 0 Å². The molecule has 0 bridgehead atoms. The highest BCUT2D eigenvalue weighted by Gasteiger charge is 2.33. The first-order chi connectivity index (χ1) is 19.4. The van der Waals surface area contributed by atoms with Crippen molar-refractivity contribution in [1.82, 2.24) is 10.2 Å². The quantitative estimate of drug-likeness (QED) is 0.280. The molecule has 0 radical (unpaired) electrons. The van der Waals surface area contributed by atoms with E-state index in [2.05, 4.69) is 5.32 Å². The zero-order valence-corrected chi connectivity index (χ0v) is 25.4. The Kier molecular flexibility index (Phi) is 11.0. The number of sulfonamides is 1. The molecule has 3 aromatic rings. The van der Waals surface area contributed by atoms with Gasteiger partial charge in [-0.25, -0.2) is 12.8 Å². The van der Waals surface area contributed by atoms with Gasteiger partial charge in [-0.3, -0.25) is 13.9 Å². The number of hydrogen-bond donors (Lipinski definition) is 1. The third kappa shape index (κ3) is 8.12. The number of carbonyl (C=O) groups excluding carboxylic acids is 2. The summed E-state index contributed by atoms with van der Waals surface area (Å²) in [5.41, 5.74) is 0.657. The molecule has 0 heterocycles. The molecule has 2 unspecified atom stereocenters. The van der Waals surface area contributed by atoms with Gasteiger partial charge >= 0.3 is 0 Å². The second-order valence-corrected chi connectivity index (χ2v) is 12.1. The SMILES string of the molecule is CCC(C)NC(=O)C(C)N(Cc1ccc(Cl)c(Cl)c1)C(=O)CN(c1ccc(F)cc1)S(=O)(=O)c1ccc(OC)cc1. The maximum Gasteiger partial charge on any atom is 0.264 e. The first-order valence-electron chi connectivity index (χ1n) is 12.8. The number of rotatable bonds is 12. The third-order valence-electron chi connectivity index (χ3n) is 6.55. The number of nitrogens with zero attached hydrogens (tertiary/aromatic N) is 2. The summed E-state index contributed by atoms with van der Waals surface area (Å²) in [6.45, 7) is 4.60. The molecule has 220 valence electrons. The molecule has 41 heavy (non-hydrogen) atoms. The van der Waals surface area contributed by atoms with Gasteiger partial charge < -0.3 is 15.0 Å². The molecular formula is C29H32Cl2FN3O5S. The van der Waals surface area contributed by atoms with E-state index in [0.29, 0.717) is 22.8 Å². The highest BCUT2D eigenvalue weighted by Crippen LogP contribution is 2.27. The number of methoxy groups -OCH3 is 1. The Morgan fingerprint density at radius 3 is 2.17 bits per heavy atom. The fraction of sp³-hybridized carbons (Fsp3) is 0.310. The smallest absolute Gasteiger partial charge is 0.264 e. The van der Waals surface area contributed by atoms with E-state index in [1.165, 1.54) is 48.4 Å². The Bertz CT molecular complexity index is 1470. The van der Waals surface area contributed by atoms with Crippen molar-refractivity contribution in [2.45, 2.75) is 50.7 Å². The third-order valence-corrected chi connectivity index (χ3v) is 9.07. The zero-order chi connectivity index (χ0) is 30.3. The second kappa shape index (κ2) is 14.0. The predicted molar refractivity (Wildman–Crippen MR) is 158 cm³/mol. The van der Waals surface area contributed by atoms with Crippen molar-refractivity contribution in [1.29, 1.82) is 0 Å². The van der Waals surface area contributed by atoms with E-state index in [1.54, 1.807) is 25.1 Å². The Labute approximate surface area is 250 Å². The van der Waals surface area contributed by atoms with Gasteiger partial charge in [0, 0.05) is 12.6 Å². The van der Waals surface area contributed by atoms with Crippen LogP contribution in [-0.2, 0) is 26.2 Å². The van der Waals surface area contributed by atoms with E-state index in [0.717, 1.165) is 16.4 Å². The number of carbonyl (C=O) groups is 2. The number of halogens is 3. The van der Waals surface area contributed by atoms with Crippen LogP contribution in [0, 0.1) is 5.82 Å². The maximum atomic E-state index is 13.9. The molecule has 0 aromatic heterocycles. The predicted octanol–water partition coefficient (Wildman–Crippen LogP) is 5.67. The molecule has 3 rings (SSSR count). The number of nitrogens with one attached hydrogen (secondary N) is 1. The van der Waals surface area contributed by atoms with E-state index < -0.39 is 40.2 Å². The van der Waals surface area contributed by atoms with Gasteiger partial charge in [0.1, 0.15) is 24.2 Å². The fourth-order valence-electron chi connectivity index (χ4n) is 3.89. The van der Waals surface area contributed by atoms with Gasteiger partial charge in [0.05, 0.1) is 27.7 Å². The summed E-state index contributed by atoms with van der Waals surface area (Å²) in [4.78, 5) is 28.2. The fourth-order valence-corrected chi connectivity index (χ4v) is 5.63. The molecule has 0 spiro atoms. The van der Waals surface area contributed by atoms with Crippen LogP contribution in [0.1, 0.15) is 32.8 Å². The minimum atomic E-state index is -4.31. The molecule has 8 nitrogen and oxygen atoms in total. The molecule has 2 amide bonds. The lowest BCUT2D eigenvalue weighted by Gasteiger charge is -2.32. The minimum Gasteiger partial charge on any atom is -0.497 e. The average molecular weight is 625 g/mol. The number of anilines is 1. The van der Waals surface area contributed by atoms with Crippen LogP contribution >= 0.6 is 23.2 Å². The van der Waals surface area contributed by atoms with E-state index >= 15 is 0 Å². The molecule has 0 aliphatic carbocycles. The average Bonchev–Trinajstić information content (AvgIpc) is 2.96. The van der Waals surface area contributed by atoms with E-state index in [1.807, 2.05) is 13.8 Å². The molecule has 0 aliphatic heterocycles. The molecule has 0 aliphatic rings. The summed E-state index contributed by atoms with van der Waals surface area (Å²) >= 11 is 12.2. The van der Waals surface area contributed by atoms with E-state index in [4.69, 9.17) is 27.9 Å². The van der Waals surface area contributed by atoms with Crippen LogP contribution in [0.4, 0.5) is 10.1 Å². The Hall–Kier alpha value is -3.34. The van der Waals surface area contributed by atoms with E-state index in [-0.39, 0.29) is 28.2 Å².